The van der Waals surface area contributed by atoms with E-state index in [2.05, 4.69) is 10.2 Å². The van der Waals surface area contributed by atoms with Crippen molar-refractivity contribution in [2.24, 2.45) is 0 Å². The fourth-order valence-corrected chi connectivity index (χ4v) is 2.60. The van der Waals surface area contributed by atoms with E-state index >= 15 is 0 Å². The summed E-state index contributed by atoms with van der Waals surface area (Å²) >= 11 is 6.22. The zero-order valence-electron chi connectivity index (χ0n) is 14.3. The number of benzene rings is 2. The number of halogens is 1. The molecule has 138 valence electrons. The van der Waals surface area contributed by atoms with Crippen LogP contribution in [0.2, 0.25) is 0 Å². The molecule has 3 rings (SSSR count). The van der Waals surface area contributed by atoms with Crippen molar-refractivity contribution >= 4 is 28.4 Å². The molecular weight excluding hydrogens is 374 g/mol. The normalized spacial score (nSPS) is 11.4. The van der Waals surface area contributed by atoms with Gasteiger partial charge in [0.15, 0.2) is 0 Å². The minimum Gasteiger partial charge on any atom is -0.865 e. The van der Waals surface area contributed by atoms with Crippen molar-refractivity contribution in [1.82, 2.24) is 10.2 Å². The van der Waals surface area contributed by atoms with E-state index in [0.717, 1.165) is 17.2 Å². The summed E-state index contributed by atoms with van der Waals surface area (Å²) in [5, 5.41) is 30.8. The molecule has 0 saturated carbocycles. The van der Waals surface area contributed by atoms with Gasteiger partial charge in [0, 0.05) is 17.4 Å². The molecule has 3 aromatic rings. The number of aromatic nitrogens is 2. The molecule has 0 aliphatic carbocycles. The van der Waals surface area contributed by atoms with Crippen molar-refractivity contribution in [3.05, 3.63) is 63.5 Å². The smallest absolute Gasteiger partial charge is 0.266 e. The van der Waals surface area contributed by atoms with Crippen molar-refractivity contribution in [2.45, 2.75) is 6.92 Å². The predicted molar refractivity (Wildman–Crippen MR) is 97.3 cm³/mol. The SMILES string of the molecule is COc1cc(/C=C(\Cl)c2nnc(-c3cccc(C)c3)o2)cc([N+](=O)[O-])c1[O-]. The van der Waals surface area contributed by atoms with Gasteiger partial charge < -0.3 is 14.3 Å². The fraction of sp³-hybridized carbons (Fsp3) is 0.111. The van der Waals surface area contributed by atoms with Crippen LogP contribution in [-0.4, -0.2) is 22.2 Å². The molecule has 9 heteroatoms. The third kappa shape index (κ3) is 3.90. The van der Waals surface area contributed by atoms with Crippen molar-refractivity contribution in [3.63, 3.8) is 0 Å². The number of nitro groups is 1. The summed E-state index contributed by atoms with van der Waals surface area (Å²) in [5.41, 5.74) is 1.45. The number of rotatable bonds is 5. The molecule has 0 fully saturated rings. The van der Waals surface area contributed by atoms with Crippen molar-refractivity contribution in [3.8, 4) is 23.0 Å². The van der Waals surface area contributed by atoms with Gasteiger partial charge in [-0.2, -0.15) is 0 Å². The Hall–Kier alpha value is -3.39. The lowest BCUT2D eigenvalue weighted by Crippen LogP contribution is -2.01. The van der Waals surface area contributed by atoms with Gasteiger partial charge in [0.05, 0.1) is 12.0 Å². The maximum atomic E-state index is 11.9. The second-order valence-corrected chi connectivity index (χ2v) is 6.01. The van der Waals surface area contributed by atoms with E-state index < -0.39 is 16.4 Å². The van der Waals surface area contributed by atoms with Gasteiger partial charge in [0.1, 0.15) is 10.8 Å². The largest absolute Gasteiger partial charge is 0.865 e. The van der Waals surface area contributed by atoms with E-state index in [1.165, 1.54) is 19.3 Å². The lowest BCUT2D eigenvalue weighted by atomic mass is 10.1. The van der Waals surface area contributed by atoms with Gasteiger partial charge in [0.25, 0.3) is 11.6 Å². The van der Waals surface area contributed by atoms with Crippen LogP contribution in [0.1, 0.15) is 17.0 Å². The van der Waals surface area contributed by atoms with E-state index in [0.29, 0.717) is 11.5 Å². The van der Waals surface area contributed by atoms with Crippen LogP contribution in [0.5, 0.6) is 11.5 Å². The van der Waals surface area contributed by atoms with E-state index in [-0.39, 0.29) is 16.7 Å². The Morgan fingerprint density at radius 2 is 2.07 bits per heavy atom. The van der Waals surface area contributed by atoms with Crippen LogP contribution in [-0.2, 0) is 0 Å². The number of nitrogens with zero attached hydrogens (tertiary/aromatic N) is 3. The second-order valence-electron chi connectivity index (χ2n) is 5.60. The molecule has 2 aromatic carbocycles. The molecule has 27 heavy (non-hydrogen) atoms. The molecule has 0 amide bonds. The first-order chi connectivity index (χ1) is 12.9. The number of nitro benzene ring substituents is 1. The molecule has 0 atom stereocenters. The average molecular weight is 387 g/mol. The van der Waals surface area contributed by atoms with Gasteiger partial charge in [-0.25, -0.2) is 0 Å². The van der Waals surface area contributed by atoms with Gasteiger partial charge in [-0.05, 0) is 36.8 Å². The Bertz CT molecular complexity index is 1050. The first-order valence-corrected chi connectivity index (χ1v) is 8.08. The van der Waals surface area contributed by atoms with Crippen molar-refractivity contribution in [1.29, 1.82) is 0 Å². The highest BCUT2D eigenvalue weighted by atomic mass is 35.5. The highest BCUT2D eigenvalue weighted by Crippen LogP contribution is 2.36. The Kier molecular flexibility index (Phi) is 5.09. The lowest BCUT2D eigenvalue weighted by Gasteiger charge is -2.13. The second kappa shape index (κ2) is 7.46. The molecule has 8 nitrogen and oxygen atoms in total. The first-order valence-electron chi connectivity index (χ1n) is 7.70. The Morgan fingerprint density at radius 3 is 2.74 bits per heavy atom. The number of methoxy groups -OCH3 is 1. The zero-order chi connectivity index (χ0) is 19.6. The van der Waals surface area contributed by atoms with Gasteiger partial charge in [-0.3, -0.25) is 10.1 Å². The Morgan fingerprint density at radius 1 is 1.30 bits per heavy atom. The van der Waals surface area contributed by atoms with Gasteiger partial charge >= 0.3 is 0 Å². The highest BCUT2D eigenvalue weighted by Gasteiger charge is 2.15. The molecule has 0 bridgehead atoms. The van der Waals surface area contributed by atoms with Gasteiger partial charge in [0.2, 0.25) is 5.89 Å². The third-order valence-electron chi connectivity index (χ3n) is 3.66. The minimum atomic E-state index is -0.810. The van der Waals surface area contributed by atoms with E-state index in [4.69, 9.17) is 20.8 Å². The van der Waals surface area contributed by atoms with Crippen LogP contribution in [0.15, 0.2) is 40.8 Å². The van der Waals surface area contributed by atoms with E-state index in [9.17, 15) is 15.2 Å². The van der Waals surface area contributed by atoms with Crippen LogP contribution in [0.4, 0.5) is 5.69 Å². The van der Waals surface area contributed by atoms with E-state index in [1.807, 2.05) is 31.2 Å². The summed E-state index contributed by atoms with van der Waals surface area (Å²) in [5.74, 6) is -0.638. The number of aryl methyl sites for hydroxylation is 1. The first kappa shape index (κ1) is 18.4. The molecule has 0 radical (unpaired) electrons. The minimum absolute atomic E-state index is 0.0426. The maximum absolute atomic E-state index is 11.9. The molecule has 1 aromatic heterocycles. The zero-order valence-corrected chi connectivity index (χ0v) is 15.1. The summed E-state index contributed by atoms with van der Waals surface area (Å²) in [6.45, 7) is 1.94. The Balaban J connectivity index is 1.97. The van der Waals surface area contributed by atoms with Crippen LogP contribution in [0, 0.1) is 17.0 Å². The molecular formula is C18H13ClN3O5-. The van der Waals surface area contributed by atoms with Crippen molar-refractivity contribution in [2.75, 3.05) is 7.11 Å². The predicted octanol–water partition coefficient (Wildman–Crippen LogP) is 3.77. The van der Waals surface area contributed by atoms with Crippen LogP contribution < -0.4 is 9.84 Å². The quantitative estimate of drug-likeness (QED) is 0.484. The number of hydrogen-bond donors (Lipinski definition) is 0. The van der Waals surface area contributed by atoms with Crippen molar-refractivity contribution < 1.29 is 19.2 Å². The monoisotopic (exact) mass is 386 g/mol. The highest BCUT2D eigenvalue weighted by molar-refractivity contribution is 6.50. The van der Waals surface area contributed by atoms with Crippen LogP contribution in [0.3, 0.4) is 0 Å². The van der Waals surface area contributed by atoms with Crippen LogP contribution in [0.25, 0.3) is 22.6 Å². The molecule has 0 aliphatic rings. The number of ether oxygens (including phenoxy) is 1. The van der Waals surface area contributed by atoms with Gasteiger partial charge in [-0.1, -0.05) is 29.3 Å². The molecule has 0 saturated heterocycles. The average Bonchev–Trinajstić information content (AvgIpc) is 3.13. The summed E-state index contributed by atoms with van der Waals surface area (Å²) < 4.78 is 10.5. The summed E-state index contributed by atoms with van der Waals surface area (Å²) in [4.78, 5) is 10.3. The lowest BCUT2D eigenvalue weighted by molar-refractivity contribution is -0.398. The number of hydrogen-bond acceptors (Lipinski definition) is 7. The topological polar surface area (TPSA) is 114 Å². The molecule has 0 spiro atoms. The fourth-order valence-electron chi connectivity index (χ4n) is 2.40. The van der Waals surface area contributed by atoms with Crippen LogP contribution >= 0.6 is 11.6 Å². The Labute approximate surface area is 158 Å². The maximum Gasteiger partial charge on any atom is 0.266 e. The summed E-state index contributed by atoms with van der Waals surface area (Å²) in [7, 11) is 1.25. The third-order valence-corrected chi connectivity index (χ3v) is 3.93. The molecule has 1 heterocycles. The molecule has 0 unspecified atom stereocenters. The molecule has 0 N–H and O–H groups in total. The molecule has 0 aliphatic heterocycles. The summed E-state index contributed by atoms with van der Waals surface area (Å²) in [6.07, 6.45) is 1.38. The van der Waals surface area contributed by atoms with E-state index in [1.54, 1.807) is 0 Å². The summed E-state index contributed by atoms with van der Waals surface area (Å²) in [6, 6.07) is 9.95. The van der Waals surface area contributed by atoms with Gasteiger partial charge in [-0.15, -0.1) is 10.2 Å². The standard InChI is InChI=1S/C18H14ClN3O5/c1-10-4-3-5-12(6-10)17-20-21-18(27-17)13(19)7-11-8-14(22(24)25)16(23)15(9-11)26-2/h3-9,23H,1-2H3/p-1/b13-7-.